The van der Waals surface area contributed by atoms with Crippen molar-refractivity contribution in [3.63, 3.8) is 0 Å². The number of ether oxygens (including phenoxy) is 1. The van der Waals surface area contributed by atoms with E-state index in [9.17, 15) is 12.8 Å². The second-order valence-electron chi connectivity index (χ2n) is 7.62. The summed E-state index contributed by atoms with van der Waals surface area (Å²) in [6.07, 6.45) is 6.99. The molecule has 0 aliphatic heterocycles. The summed E-state index contributed by atoms with van der Waals surface area (Å²) in [7, 11) is -4.16. The topological polar surface area (TPSA) is 110 Å². The first-order valence-electron chi connectivity index (χ1n) is 9.56. The maximum absolute atomic E-state index is 14.8. The van der Waals surface area contributed by atoms with E-state index in [0.717, 1.165) is 31.0 Å². The van der Waals surface area contributed by atoms with Crippen LogP contribution in [0.2, 0.25) is 0 Å². The van der Waals surface area contributed by atoms with Gasteiger partial charge in [0.05, 0.1) is 0 Å². The minimum Gasteiger partial charge on any atom is -0.486 e. The predicted molar refractivity (Wildman–Crippen MR) is 108 cm³/mol. The maximum Gasteiger partial charge on any atom is 0.265 e. The summed E-state index contributed by atoms with van der Waals surface area (Å²) < 4.78 is 48.7. The van der Waals surface area contributed by atoms with E-state index in [1.807, 2.05) is 13.0 Å². The summed E-state index contributed by atoms with van der Waals surface area (Å²) in [5.41, 5.74) is 0.945. The van der Waals surface area contributed by atoms with Gasteiger partial charge in [0, 0.05) is 30.1 Å². The summed E-state index contributed by atoms with van der Waals surface area (Å²) in [6.45, 7) is 3.69. The van der Waals surface area contributed by atoms with Crippen molar-refractivity contribution < 1.29 is 17.5 Å². The number of hydrogen-bond acceptors (Lipinski definition) is 6. The molecule has 2 aromatic heterocycles. The normalized spacial score (nSPS) is 21.5. The van der Waals surface area contributed by atoms with Gasteiger partial charge in [0.2, 0.25) is 0 Å². The molecular weight excluding hydrogens is 409 g/mol. The predicted octanol–water partition coefficient (Wildman–Crippen LogP) is 3.55. The number of halogens is 1. The summed E-state index contributed by atoms with van der Waals surface area (Å²) in [6, 6.07) is 5.71. The summed E-state index contributed by atoms with van der Waals surface area (Å²) in [4.78, 5) is 7.08. The van der Waals surface area contributed by atoms with Crippen molar-refractivity contribution in [3.8, 4) is 5.75 Å². The second-order valence-corrected chi connectivity index (χ2v) is 9.27. The van der Waals surface area contributed by atoms with Crippen LogP contribution < -0.4 is 9.46 Å². The number of aryl methyl sites for hydroxylation is 1. The highest BCUT2D eigenvalue weighted by molar-refractivity contribution is 7.92. The van der Waals surface area contributed by atoms with Crippen LogP contribution >= 0.6 is 0 Å². The van der Waals surface area contributed by atoms with Gasteiger partial charge in [-0.3, -0.25) is 9.82 Å². The summed E-state index contributed by atoms with van der Waals surface area (Å²) in [5.74, 6) is -0.423. The summed E-state index contributed by atoms with van der Waals surface area (Å²) in [5, 5.41) is 7.02. The van der Waals surface area contributed by atoms with Gasteiger partial charge in [-0.25, -0.2) is 22.8 Å². The number of benzene rings is 1. The molecule has 1 saturated carbocycles. The molecule has 0 radical (unpaired) electrons. The van der Waals surface area contributed by atoms with Crippen molar-refractivity contribution in [1.82, 2.24) is 20.2 Å². The van der Waals surface area contributed by atoms with Gasteiger partial charge in [-0.05, 0) is 56.9 Å². The molecule has 158 valence electrons. The van der Waals surface area contributed by atoms with Gasteiger partial charge in [-0.2, -0.15) is 5.10 Å². The first kappa shape index (κ1) is 20.3. The Morgan fingerprint density at radius 3 is 2.83 bits per heavy atom. The van der Waals surface area contributed by atoms with Gasteiger partial charge in [-0.1, -0.05) is 0 Å². The monoisotopic (exact) mass is 431 g/mol. The van der Waals surface area contributed by atoms with Gasteiger partial charge in [-0.15, -0.1) is 0 Å². The van der Waals surface area contributed by atoms with E-state index in [-0.39, 0.29) is 11.7 Å². The number of anilines is 1. The zero-order chi connectivity index (χ0) is 21.4. The fourth-order valence-corrected chi connectivity index (χ4v) is 5.11. The van der Waals surface area contributed by atoms with Crippen LogP contribution in [-0.2, 0) is 10.0 Å². The van der Waals surface area contributed by atoms with Crippen molar-refractivity contribution >= 4 is 15.8 Å². The molecule has 3 aromatic rings. The lowest BCUT2D eigenvalue weighted by Crippen LogP contribution is -2.35. The van der Waals surface area contributed by atoms with Crippen molar-refractivity contribution in [3.05, 3.63) is 60.1 Å². The number of hydrogen-bond donors (Lipinski definition) is 2. The third-order valence-electron chi connectivity index (χ3n) is 5.48. The lowest BCUT2D eigenvalue weighted by Gasteiger charge is -2.33. The van der Waals surface area contributed by atoms with E-state index in [2.05, 4.69) is 24.9 Å². The molecule has 0 saturated heterocycles. The Labute approximate surface area is 174 Å². The van der Waals surface area contributed by atoms with Crippen LogP contribution in [-0.4, -0.2) is 34.2 Å². The van der Waals surface area contributed by atoms with E-state index >= 15 is 0 Å². The molecule has 1 aliphatic carbocycles. The average Bonchev–Trinajstić information content (AvgIpc) is 3.34. The lowest BCUT2D eigenvalue weighted by molar-refractivity contribution is 0.0752. The Bertz CT molecular complexity index is 1140. The molecule has 0 unspecified atom stereocenters. The zero-order valence-electron chi connectivity index (χ0n) is 16.6. The van der Waals surface area contributed by atoms with Gasteiger partial charge < -0.3 is 4.74 Å². The molecule has 0 bridgehead atoms. The molecule has 1 aromatic carbocycles. The number of aromatic amines is 1. The Morgan fingerprint density at radius 1 is 1.30 bits per heavy atom. The number of nitrogens with zero attached hydrogens (tertiary/aromatic N) is 3. The standard InChI is InChI=1S/C20H22FN5O3S/c1-13-10-18(30(27,28)26-19-6-8-22-12-23-19)15(21)11-17(13)29-20(2)7-3-4-14(20)16-5-9-24-25-16/h5-6,8-12,14H,3-4,7H2,1-2H3,(H,24,25)(H,22,23,26)/t14-,20-/m1/s1. The van der Waals surface area contributed by atoms with Crippen molar-refractivity contribution in [1.29, 1.82) is 0 Å². The number of rotatable bonds is 6. The molecule has 0 spiro atoms. The van der Waals surface area contributed by atoms with Crippen LogP contribution in [0.4, 0.5) is 10.2 Å². The molecule has 0 amide bonds. The second kappa shape index (κ2) is 7.67. The Kier molecular flexibility index (Phi) is 5.19. The maximum atomic E-state index is 14.8. The van der Waals surface area contributed by atoms with Gasteiger partial charge in [0.1, 0.15) is 34.2 Å². The first-order valence-corrected chi connectivity index (χ1v) is 11.0. The van der Waals surface area contributed by atoms with E-state index < -0.39 is 26.3 Å². The highest BCUT2D eigenvalue weighted by Crippen LogP contribution is 2.45. The average molecular weight is 431 g/mol. The van der Waals surface area contributed by atoms with Gasteiger partial charge in [0.25, 0.3) is 10.0 Å². The van der Waals surface area contributed by atoms with Crippen LogP contribution in [0.15, 0.2) is 47.9 Å². The van der Waals surface area contributed by atoms with Crippen LogP contribution in [0.5, 0.6) is 5.75 Å². The number of aromatic nitrogens is 4. The minimum atomic E-state index is -4.16. The molecule has 8 nitrogen and oxygen atoms in total. The zero-order valence-corrected chi connectivity index (χ0v) is 17.4. The third kappa shape index (κ3) is 3.87. The molecule has 1 aliphatic rings. The molecule has 4 rings (SSSR count). The van der Waals surface area contributed by atoms with Crippen molar-refractivity contribution in [2.75, 3.05) is 4.72 Å². The molecule has 2 heterocycles. The summed E-state index contributed by atoms with van der Waals surface area (Å²) >= 11 is 0. The van der Waals surface area contributed by atoms with Crippen molar-refractivity contribution in [2.45, 2.75) is 49.5 Å². The van der Waals surface area contributed by atoms with Crippen LogP contribution in [0, 0.1) is 12.7 Å². The molecular formula is C20H22FN5O3S. The highest BCUT2D eigenvalue weighted by atomic mass is 32.2. The number of nitrogens with one attached hydrogen (secondary N) is 2. The van der Waals surface area contributed by atoms with E-state index in [0.29, 0.717) is 11.3 Å². The van der Waals surface area contributed by atoms with E-state index in [4.69, 9.17) is 4.74 Å². The third-order valence-corrected chi connectivity index (χ3v) is 6.85. The SMILES string of the molecule is Cc1cc(S(=O)(=O)Nc2ccncn2)c(F)cc1O[C@]1(C)CCC[C@@H]1c1ccn[nH]1. The molecule has 10 heteroatoms. The highest BCUT2D eigenvalue weighted by Gasteiger charge is 2.43. The van der Waals surface area contributed by atoms with E-state index in [1.54, 1.807) is 13.1 Å². The largest absolute Gasteiger partial charge is 0.486 e. The Balaban J connectivity index is 1.61. The first-order chi connectivity index (χ1) is 14.3. The van der Waals surface area contributed by atoms with Crippen molar-refractivity contribution in [2.24, 2.45) is 0 Å². The smallest absolute Gasteiger partial charge is 0.265 e. The molecule has 1 fully saturated rings. The fourth-order valence-electron chi connectivity index (χ4n) is 3.95. The quantitative estimate of drug-likeness (QED) is 0.618. The lowest BCUT2D eigenvalue weighted by atomic mass is 9.89. The Hall–Kier alpha value is -3.01. The van der Waals surface area contributed by atoms with Crippen LogP contribution in [0.3, 0.4) is 0 Å². The van der Waals surface area contributed by atoms with Crippen LogP contribution in [0.25, 0.3) is 0 Å². The molecule has 2 atom stereocenters. The molecule has 30 heavy (non-hydrogen) atoms. The van der Waals surface area contributed by atoms with Gasteiger partial charge >= 0.3 is 0 Å². The minimum absolute atomic E-state index is 0.0586. The van der Waals surface area contributed by atoms with Gasteiger partial charge in [0.15, 0.2) is 0 Å². The number of sulfonamides is 1. The molecule has 2 N–H and O–H groups in total. The fraction of sp³-hybridized carbons (Fsp3) is 0.350. The van der Waals surface area contributed by atoms with Crippen LogP contribution in [0.1, 0.15) is 43.4 Å². The van der Waals surface area contributed by atoms with E-state index in [1.165, 1.54) is 24.7 Å². The number of H-pyrrole nitrogens is 1. The Morgan fingerprint density at radius 2 is 2.13 bits per heavy atom.